The van der Waals surface area contributed by atoms with Crippen molar-refractivity contribution in [1.82, 2.24) is 0 Å². The third kappa shape index (κ3) is 4.51. The molecule has 24 heavy (non-hydrogen) atoms. The largest absolute Gasteiger partial charge is 0.320 e. The van der Waals surface area contributed by atoms with E-state index in [0.717, 1.165) is 33.2 Å². The van der Waals surface area contributed by atoms with Crippen molar-refractivity contribution in [3.63, 3.8) is 0 Å². The van der Waals surface area contributed by atoms with Crippen LogP contribution in [0.4, 0.5) is 20.2 Å². The number of rotatable bonds is 5. The van der Waals surface area contributed by atoms with Crippen LogP contribution in [0.5, 0.6) is 0 Å². The number of sulfonamides is 1. The van der Waals surface area contributed by atoms with Crippen LogP contribution < -0.4 is 9.62 Å². The molecule has 9 heteroatoms. The van der Waals surface area contributed by atoms with E-state index in [9.17, 15) is 22.0 Å². The van der Waals surface area contributed by atoms with E-state index in [1.807, 2.05) is 0 Å². The highest BCUT2D eigenvalue weighted by molar-refractivity contribution is 9.10. The standard InChI is InChI=1S/C15H13BrF2N2O3S/c1-24(22,23)20(11-7-5-10(16)6-8-11)9-14(21)19-15-12(17)3-2-4-13(15)18/h2-8H,9H2,1H3,(H,19,21). The molecule has 0 radical (unpaired) electrons. The molecule has 0 fully saturated rings. The molecular formula is C15H13BrF2N2O3S. The molecule has 2 aromatic carbocycles. The van der Waals surface area contributed by atoms with Crippen molar-refractivity contribution in [3.8, 4) is 0 Å². The summed E-state index contributed by atoms with van der Waals surface area (Å²) in [5.74, 6) is -2.76. The number of benzene rings is 2. The Hall–Kier alpha value is -2.00. The van der Waals surface area contributed by atoms with Gasteiger partial charge in [0.25, 0.3) is 0 Å². The molecule has 0 aromatic heterocycles. The molecule has 0 aliphatic heterocycles. The molecule has 0 spiro atoms. The fraction of sp³-hybridized carbons (Fsp3) is 0.133. The number of nitrogens with zero attached hydrogens (tertiary/aromatic N) is 1. The summed E-state index contributed by atoms with van der Waals surface area (Å²) in [6, 6.07) is 9.36. The van der Waals surface area contributed by atoms with Gasteiger partial charge in [0.2, 0.25) is 15.9 Å². The summed E-state index contributed by atoms with van der Waals surface area (Å²) >= 11 is 3.23. The maximum Gasteiger partial charge on any atom is 0.245 e. The summed E-state index contributed by atoms with van der Waals surface area (Å²) in [5.41, 5.74) is -0.364. The van der Waals surface area contributed by atoms with Gasteiger partial charge < -0.3 is 5.32 Å². The van der Waals surface area contributed by atoms with Gasteiger partial charge in [0.1, 0.15) is 23.9 Å². The Morgan fingerprint density at radius 2 is 1.67 bits per heavy atom. The highest BCUT2D eigenvalue weighted by atomic mass is 79.9. The van der Waals surface area contributed by atoms with Gasteiger partial charge in [-0.15, -0.1) is 0 Å². The average molecular weight is 419 g/mol. The van der Waals surface area contributed by atoms with Crippen LogP contribution in [0, 0.1) is 11.6 Å². The van der Waals surface area contributed by atoms with Crippen LogP contribution in [0.3, 0.4) is 0 Å². The van der Waals surface area contributed by atoms with Crippen molar-refractivity contribution in [2.24, 2.45) is 0 Å². The Morgan fingerprint density at radius 1 is 1.12 bits per heavy atom. The normalized spacial score (nSPS) is 11.2. The lowest BCUT2D eigenvalue weighted by Gasteiger charge is -2.22. The van der Waals surface area contributed by atoms with Crippen molar-refractivity contribution in [2.75, 3.05) is 22.4 Å². The lowest BCUT2D eigenvalue weighted by molar-refractivity contribution is -0.114. The topological polar surface area (TPSA) is 66.5 Å². The second-order valence-electron chi connectivity index (χ2n) is 4.89. The first kappa shape index (κ1) is 18.3. The predicted octanol–water partition coefficient (Wildman–Crippen LogP) is 3.13. The van der Waals surface area contributed by atoms with E-state index in [0.29, 0.717) is 0 Å². The van der Waals surface area contributed by atoms with Crippen LogP contribution in [0.25, 0.3) is 0 Å². The molecule has 0 saturated heterocycles. The summed E-state index contributed by atoms with van der Waals surface area (Å²) in [5, 5.41) is 2.06. The van der Waals surface area contributed by atoms with Gasteiger partial charge in [0.15, 0.2) is 0 Å². The highest BCUT2D eigenvalue weighted by Crippen LogP contribution is 2.22. The number of para-hydroxylation sites is 1. The maximum absolute atomic E-state index is 13.6. The SMILES string of the molecule is CS(=O)(=O)N(CC(=O)Nc1c(F)cccc1F)c1ccc(Br)cc1. The quantitative estimate of drug-likeness (QED) is 0.810. The fourth-order valence-corrected chi connectivity index (χ4v) is 3.05. The van der Waals surface area contributed by atoms with Crippen molar-refractivity contribution in [2.45, 2.75) is 0 Å². The Bertz CT molecular complexity index is 837. The van der Waals surface area contributed by atoms with Crippen LogP contribution in [0.2, 0.25) is 0 Å². The van der Waals surface area contributed by atoms with Crippen LogP contribution in [0.15, 0.2) is 46.9 Å². The summed E-state index contributed by atoms with van der Waals surface area (Å²) in [7, 11) is -3.77. The Morgan fingerprint density at radius 3 is 2.17 bits per heavy atom. The molecular weight excluding hydrogens is 406 g/mol. The van der Waals surface area contributed by atoms with Crippen molar-refractivity contribution in [1.29, 1.82) is 0 Å². The smallest absolute Gasteiger partial charge is 0.245 e. The summed E-state index contributed by atoms with van der Waals surface area (Å²) < 4.78 is 52.5. The van der Waals surface area contributed by atoms with Gasteiger partial charge in [-0.1, -0.05) is 22.0 Å². The van der Waals surface area contributed by atoms with E-state index >= 15 is 0 Å². The third-order valence-corrected chi connectivity index (χ3v) is 4.70. The van der Waals surface area contributed by atoms with E-state index in [-0.39, 0.29) is 5.69 Å². The molecule has 0 unspecified atom stereocenters. The molecule has 1 amide bonds. The van der Waals surface area contributed by atoms with Gasteiger partial charge >= 0.3 is 0 Å². The monoisotopic (exact) mass is 418 g/mol. The van der Waals surface area contributed by atoms with E-state index in [4.69, 9.17) is 0 Å². The Balaban J connectivity index is 2.24. The maximum atomic E-state index is 13.6. The number of anilines is 2. The fourth-order valence-electron chi connectivity index (χ4n) is 1.93. The molecule has 0 saturated carbocycles. The van der Waals surface area contributed by atoms with E-state index in [1.54, 1.807) is 12.1 Å². The number of nitrogens with one attached hydrogen (secondary N) is 1. The van der Waals surface area contributed by atoms with Crippen LogP contribution in [0.1, 0.15) is 0 Å². The lowest BCUT2D eigenvalue weighted by Crippen LogP contribution is -2.37. The van der Waals surface area contributed by atoms with Gasteiger partial charge in [-0.05, 0) is 36.4 Å². The minimum Gasteiger partial charge on any atom is -0.320 e. The molecule has 0 bridgehead atoms. The average Bonchev–Trinajstić information content (AvgIpc) is 2.49. The van der Waals surface area contributed by atoms with Gasteiger partial charge in [0, 0.05) is 4.47 Å². The number of hydrogen-bond donors (Lipinski definition) is 1. The zero-order valence-electron chi connectivity index (χ0n) is 12.5. The van der Waals surface area contributed by atoms with Crippen LogP contribution in [-0.4, -0.2) is 27.1 Å². The molecule has 1 N–H and O–H groups in total. The van der Waals surface area contributed by atoms with Crippen molar-refractivity contribution < 1.29 is 22.0 Å². The summed E-state index contributed by atoms with van der Waals surface area (Å²) in [6.45, 7) is -0.617. The zero-order chi connectivity index (χ0) is 17.9. The van der Waals surface area contributed by atoms with Gasteiger partial charge in [-0.2, -0.15) is 0 Å². The van der Waals surface area contributed by atoms with Crippen LogP contribution >= 0.6 is 15.9 Å². The van der Waals surface area contributed by atoms with Gasteiger partial charge in [0.05, 0.1) is 11.9 Å². The molecule has 0 atom stereocenters. The van der Waals surface area contributed by atoms with Crippen molar-refractivity contribution in [3.05, 3.63) is 58.6 Å². The first-order chi connectivity index (χ1) is 11.2. The number of carbonyl (C=O) groups excluding carboxylic acids is 1. The summed E-state index contributed by atoms with van der Waals surface area (Å²) in [4.78, 5) is 12.1. The molecule has 2 aromatic rings. The van der Waals surface area contributed by atoms with E-state index < -0.39 is 39.8 Å². The lowest BCUT2D eigenvalue weighted by atomic mass is 10.3. The second kappa shape index (κ2) is 7.27. The minimum atomic E-state index is -3.77. The van der Waals surface area contributed by atoms with Gasteiger partial charge in [-0.3, -0.25) is 9.10 Å². The van der Waals surface area contributed by atoms with Crippen LogP contribution in [-0.2, 0) is 14.8 Å². The molecule has 2 rings (SSSR count). The first-order valence-electron chi connectivity index (χ1n) is 6.65. The Kier molecular flexibility index (Phi) is 5.55. The van der Waals surface area contributed by atoms with Crippen molar-refractivity contribution >= 4 is 43.2 Å². The first-order valence-corrected chi connectivity index (χ1v) is 9.30. The molecule has 5 nitrogen and oxygen atoms in total. The second-order valence-corrected chi connectivity index (χ2v) is 7.71. The zero-order valence-corrected chi connectivity index (χ0v) is 14.9. The third-order valence-electron chi connectivity index (χ3n) is 3.03. The number of carbonyl (C=O) groups is 1. The molecule has 128 valence electrons. The summed E-state index contributed by atoms with van der Waals surface area (Å²) in [6.07, 6.45) is 0.937. The molecule has 0 heterocycles. The van der Waals surface area contributed by atoms with Gasteiger partial charge in [-0.25, -0.2) is 17.2 Å². The molecule has 0 aliphatic carbocycles. The number of halogens is 3. The minimum absolute atomic E-state index is 0.254. The Labute approximate surface area is 146 Å². The number of hydrogen-bond acceptors (Lipinski definition) is 3. The van der Waals surface area contributed by atoms with E-state index in [1.165, 1.54) is 12.1 Å². The number of amides is 1. The predicted molar refractivity (Wildman–Crippen MR) is 91.3 cm³/mol. The highest BCUT2D eigenvalue weighted by Gasteiger charge is 2.22. The van der Waals surface area contributed by atoms with E-state index in [2.05, 4.69) is 21.2 Å². The molecule has 0 aliphatic rings.